The summed E-state index contributed by atoms with van der Waals surface area (Å²) in [5.41, 5.74) is 5.80. The van der Waals surface area contributed by atoms with Crippen molar-refractivity contribution in [2.45, 2.75) is 32.1 Å². The Kier molecular flexibility index (Phi) is 4.57. The Labute approximate surface area is 103 Å². The molecule has 2 N–H and O–H groups in total. The van der Waals surface area contributed by atoms with E-state index in [9.17, 15) is 13.2 Å². The molecule has 1 rings (SSSR count). The number of nitrogens with zero attached hydrogens (tertiary/aromatic N) is 1. The van der Waals surface area contributed by atoms with Crippen LogP contribution in [-0.2, 0) is 0 Å². The first-order valence-electron chi connectivity index (χ1n) is 5.29. The molecule has 0 aliphatic rings. The molecule has 0 spiro atoms. The molecular weight excluding hydrogens is 249 g/mol. The highest BCUT2D eigenvalue weighted by atomic mass is 32.1. The largest absolute Gasteiger partial charge is 0.401 e. The Morgan fingerprint density at radius 3 is 2.35 bits per heavy atom. The summed E-state index contributed by atoms with van der Waals surface area (Å²) in [7, 11) is 1.45. The zero-order valence-corrected chi connectivity index (χ0v) is 10.9. The van der Waals surface area contributed by atoms with E-state index in [4.69, 9.17) is 5.73 Å². The number of likely N-dealkylation sites (N-methyl/N-ethyl adjacent to an activating group) is 1. The van der Waals surface area contributed by atoms with Crippen LogP contribution in [0.2, 0.25) is 0 Å². The van der Waals surface area contributed by atoms with E-state index in [0.29, 0.717) is 0 Å². The lowest BCUT2D eigenvalue weighted by molar-refractivity contribution is -0.148. The first-order chi connectivity index (χ1) is 7.70. The standard InChI is InChI=1S/C11H17F3N2S/c1-7-4-5-9(17-7)10(8(2)15)16(3)6-11(12,13)14/h4-5,8,10H,6,15H2,1-3H3. The normalized spacial score (nSPS) is 16.2. The Morgan fingerprint density at radius 2 is 2.00 bits per heavy atom. The molecule has 1 aromatic heterocycles. The molecule has 2 atom stereocenters. The van der Waals surface area contributed by atoms with E-state index < -0.39 is 18.8 Å². The van der Waals surface area contributed by atoms with Gasteiger partial charge < -0.3 is 5.73 Å². The third-order valence-electron chi connectivity index (χ3n) is 2.45. The van der Waals surface area contributed by atoms with Crippen LogP contribution in [-0.4, -0.2) is 30.7 Å². The van der Waals surface area contributed by atoms with Gasteiger partial charge in [-0.25, -0.2) is 0 Å². The summed E-state index contributed by atoms with van der Waals surface area (Å²) in [4.78, 5) is 3.21. The minimum absolute atomic E-state index is 0.347. The summed E-state index contributed by atoms with van der Waals surface area (Å²) in [6.45, 7) is 2.71. The number of thiophene rings is 1. The van der Waals surface area contributed by atoms with Crippen molar-refractivity contribution >= 4 is 11.3 Å². The highest BCUT2D eigenvalue weighted by Gasteiger charge is 2.34. The molecule has 0 saturated carbocycles. The summed E-state index contributed by atoms with van der Waals surface area (Å²) in [5.74, 6) is 0. The van der Waals surface area contributed by atoms with E-state index in [1.165, 1.54) is 23.3 Å². The van der Waals surface area contributed by atoms with Gasteiger partial charge in [-0.3, -0.25) is 4.90 Å². The number of alkyl halides is 3. The molecule has 0 amide bonds. The Bertz CT molecular complexity index is 360. The Morgan fingerprint density at radius 1 is 1.41 bits per heavy atom. The van der Waals surface area contributed by atoms with Gasteiger partial charge in [-0.2, -0.15) is 13.2 Å². The van der Waals surface area contributed by atoms with Gasteiger partial charge >= 0.3 is 6.18 Å². The third kappa shape index (κ3) is 4.29. The van der Waals surface area contributed by atoms with Crippen LogP contribution in [0.3, 0.4) is 0 Å². The summed E-state index contributed by atoms with van der Waals surface area (Å²) in [6.07, 6.45) is -4.20. The van der Waals surface area contributed by atoms with Crippen LogP contribution >= 0.6 is 11.3 Å². The van der Waals surface area contributed by atoms with E-state index in [0.717, 1.165) is 9.75 Å². The predicted molar refractivity (Wildman–Crippen MR) is 64.1 cm³/mol. The lowest BCUT2D eigenvalue weighted by Gasteiger charge is -2.30. The SMILES string of the molecule is Cc1ccc(C(C(C)N)N(C)CC(F)(F)F)s1. The molecule has 98 valence electrons. The molecule has 1 heterocycles. The topological polar surface area (TPSA) is 29.3 Å². The first kappa shape index (κ1) is 14.5. The van der Waals surface area contributed by atoms with Gasteiger partial charge in [0.05, 0.1) is 12.6 Å². The van der Waals surface area contributed by atoms with Crippen molar-refractivity contribution in [3.05, 3.63) is 21.9 Å². The highest BCUT2D eigenvalue weighted by molar-refractivity contribution is 7.12. The van der Waals surface area contributed by atoms with Gasteiger partial charge in [0.25, 0.3) is 0 Å². The van der Waals surface area contributed by atoms with E-state index in [-0.39, 0.29) is 6.04 Å². The zero-order chi connectivity index (χ0) is 13.2. The summed E-state index contributed by atoms with van der Waals surface area (Å²) >= 11 is 1.49. The van der Waals surface area contributed by atoms with Crippen LogP contribution in [0.15, 0.2) is 12.1 Å². The molecule has 2 nitrogen and oxygen atoms in total. The summed E-state index contributed by atoms with van der Waals surface area (Å²) < 4.78 is 37.1. The third-order valence-corrected chi connectivity index (χ3v) is 3.53. The molecule has 1 aromatic rings. The van der Waals surface area contributed by atoms with Crippen molar-refractivity contribution in [3.63, 3.8) is 0 Å². The van der Waals surface area contributed by atoms with Crippen LogP contribution in [0.4, 0.5) is 13.2 Å². The van der Waals surface area contributed by atoms with Crippen molar-refractivity contribution in [3.8, 4) is 0 Å². The molecule has 0 saturated heterocycles. The quantitative estimate of drug-likeness (QED) is 0.908. The summed E-state index contributed by atoms with van der Waals surface area (Å²) in [5, 5.41) is 0. The maximum atomic E-state index is 12.4. The highest BCUT2D eigenvalue weighted by Crippen LogP contribution is 2.30. The van der Waals surface area contributed by atoms with Gasteiger partial charge in [0.2, 0.25) is 0 Å². The van der Waals surface area contributed by atoms with Gasteiger partial charge in [-0.1, -0.05) is 0 Å². The van der Waals surface area contributed by atoms with Crippen molar-refractivity contribution in [1.82, 2.24) is 4.90 Å². The van der Waals surface area contributed by atoms with Crippen molar-refractivity contribution < 1.29 is 13.2 Å². The monoisotopic (exact) mass is 266 g/mol. The summed E-state index contributed by atoms with van der Waals surface area (Å²) in [6, 6.07) is 3.01. The van der Waals surface area contributed by atoms with E-state index in [2.05, 4.69) is 0 Å². The number of halogens is 3. The second-order valence-electron chi connectivity index (χ2n) is 4.28. The van der Waals surface area contributed by atoms with Crippen molar-refractivity contribution in [2.24, 2.45) is 5.73 Å². The van der Waals surface area contributed by atoms with Crippen LogP contribution in [0.25, 0.3) is 0 Å². The first-order valence-corrected chi connectivity index (χ1v) is 6.11. The van der Waals surface area contributed by atoms with Crippen LogP contribution < -0.4 is 5.73 Å². The van der Waals surface area contributed by atoms with Gasteiger partial charge in [-0.05, 0) is 33.0 Å². The Hall–Kier alpha value is -0.590. The minimum Gasteiger partial charge on any atom is -0.326 e. The fraction of sp³-hybridized carbons (Fsp3) is 0.636. The van der Waals surface area contributed by atoms with Crippen molar-refractivity contribution in [2.75, 3.05) is 13.6 Å². The van der Waals surface area contributed by atoms with Gasteiger partial charge in [0.15, 0.2) is 0 Å². The molecular formula is C11H17F3N2S. The molecule has 0 aromatic carbocycles. The molecule has 17 heavy (non-hydrogen) atoms. The fourth-order valence-corrected chi connectivity index (χ4v) is 3.03. The average molecular weight is 266 g/mol. The van der Waals surface area contributed by atoms with E-state index in [1.807, 2.05) is 19.1 Å². The average Bonchev–Trinajstić information content (AvgIpc) is 2.47. The molecule has 0 fully saturated rings. The van der Waals surface area contributed by atoms with Crippen molar-refractivity contribution in [1.29, 1.82) is 0 Å². The second-order valence-corrected chi connectivity index (χ2v) is 5.60. The van der Waals surface area contributed by atoms with Gasteiger partial charge in [0.1, 0.15) is 0 Å². The number of hydrogen-bond donors (Lipinski definition) is 1. The van der Waals surface area contributed by atoms with Crippen LogP contribution in [0.1, 0.15) is 22.7 Å². The van der Waals surface area contributed by atoms with Crippen LogP contribution in [0.5, 0.6) is 0 Å². The van der Waals surface area contributed by atoms with E-state index >= 15 is 0 Å². The van der Waals surface area contributed by atoms with Gasteiger partial charge in [-0.15, -0.1) is 11.3 Å². The Balaban J connectivity index is 2.86. The number of aryl methyl sites for hydroxylation is 1. The smallest absolute Gasteiger partial charge is 0.326 e. The molecule has 0 aliphatic heterocycles. The second kappa shape index (κ2) is 5.37. The fourth-order valence-electron chi connectivity index (χ4n) is 1.87. The van der Waals surface area contributed by atoms with Crippen LogP contribution in [0, 0.1) is 6.92 Å². The molecule has 6 heteroatoms. The molecule has 0 radical (unpaired) electrons. The molecule has 2 unspecified atom stereocenters. The zero-order valence-electron chi connectivity index (χ0n) is 10.1. The maximum absolute atomic E-state index is 12.4. The lowest BCUT2D eigenvalue weighted by Crippen LogP contribution is -2.41. The van der Waals surface area contributed by atoms with E-state index in [1.54, 1.807) is 6.92 Å². The number of rotatable bonds is 4. The molecule has 0 bridgehead atoms. The van der Waals surface area contributed by atoms with Gasteiger partial charge in [0, 0.05) is 15.8 Å². The lowest BCUT2D eigenvalue weighted by atomic mass is 10.1. The predicted octanol–water partition coefficient (Wildman–Crippen LogP) is 2.94. The minimum atomic E-state index is -4.20. The number of hydrogen-bond acceptors (Lipinski definition) is 3. The molecule has 0 aliphatic carbocycles. The number of nitrogens with two attached hydrogens (primary N) is 1. The maximum Gasteiger partial charge on any atom is 0.401 e.